The van der Waals surface area contributed by atoms with Gasteiger partial charge in [-0.2, -0.15) is 0 Å². The SMILES string of the molecule is CCNC(=O)c1ccc2nc(-c3ccc(N)cc3)sc2c1. The molecule has 0 atom stereocenters. The summed E-state index contributed by atoms with van der Waals surface area (Å²) in [6.07, 6.45) is 0. The maximum atomic E-state index is 11.9. The van der Waals surface area contributed by atoms with E-state index in [1.807, 2.05) is 43.3 Å². The molecular formula is C16H15N3OS. The number of hydrogen-bond donors (Lipinski definition) is 2. The van der Waals surface area contributed by atoms with E-state index in [0.29, 0.717) is 12.1 Å². The van der Waals surface area contributed by atoms with Crippen LogP contribution in [0.25, 0.3) is 20.8 Å². The van der Waals surface area contributed by atoms with E-state index in [-0.39, 0.29) is 5.91 Å². The van der Waals surface area contributed by atoms with Crippen molar-refractivity contribution in [1.29, 1.82) is 0 Å². The fourth-order valence-electron chi connectivity index (χ4n) is 2.08. The highest BCUT2D eigenvalue weighted by Crippen LogP contribution is 2.31. The van der Waals surface area contributed by atoms with Crippen molar-refractivity contribution in [3.8, 4) is 10.6 Å². The quantitative estimate of drug-likeness (QED) is 0.729. The Labute approximate surface area is 126 Å². The molecule has 0 unspecified atom stereocenters. The van der Waals surface area contributed by atoms with E-state index in [1.165, 1.54) is 0 Å². The number of thiazole rings is 1. The van der Waals surface area contributed by atoms with Crippen molar-refractivity contribution >= 4 is 33.1 Å². The number of nitrogens with two attached hydrogens (primary N) is 1. The molecule has 5 heteroatoms. The van der Waals surface area contributed by atoms with Gasteiger partial charge in [0, 0.05) is 23.4 Å². The number of amides is 1. The van der Waals surface area contributed by atoms with Crippen molar-refractivity contribution in [2.75, 3.05) is 12.3 Å². The monoisotopic (exact) mass is 297 g/mol. The molecule has 0 bridgehead atoms. The van der Waals surface area contributed by atoms with Crippen LogP contribution >= 0.6 is 11.3 Å². The van der Waals surface area contributed by atoms with Crippen molar-refractivity contribution in [3.05, 3.63) is 48.0 Å². The number of anilines is 1. The molecule has 0 aliphatic carbocycles. The second kappa shape index (κ2) is 5.54. The van der Waals surface area contributed by atoms with Gasteiger partial charge in [-0.25, -0.2) is 4.98 Å². The van der Waals surface area contributed by atoms with E-state index in [9.17, 15) is 4.79 Å². The van der Waals surface area contributed by atoms with Gasteiger partial charge in [0.25, 0.3) is 5.91 Å². The zero-order valence-corrected chi connectivity index (χ0v) is 12.4. The number of nitrogens with zero attached hydrogens (tertiary/aromatic N) is 1. The predicted octanol–water partition coefficient (Wildman–Crippen LogP) is 3.30. The maximum absolute atomic E-state index is 11.9. The molecule has 0 aliphatic heterocycles. The molecule has 106 valence electrons. The van der Waals surface area contributed by atoms with Crippen LogP contribution in [0.3, 0.4) is 0 Å². The van der Waals surface area contributed by atoms with Gasteiger partial charge in [-0.05, 0) is 49.4 Å². The number of nitrogens with one attached hydrogen (secondary N) is 1. The summed E-state index contributed by atoms with van der Waals surface area (Å²) < 4.78 is 1.01. The number of carbonyl (C=O) groups is 1. The molecule has 0 saturated carbocycles. The number of aromatic nitrogens is 1. The lowest BCUT2D eigenvalue weighted by Gasteiger charge is -2.00. The Morgan fingerprint density at radius 3 is 2.71 bits per heavy atom. The van der Waals surface area contributed by atoms with Gasteiger partial charge in [0.05, 0.1) is 10.2 Å². The lowest BCUT2D eigenvalue weighted by atomic mass is 10.2. The fraction of sp³-hybridized carbons (Fsp3) is 0.125. The number of benzene rings is 2. The zero-order chi connectivity index (χ0) is 14.8. The standard InChI is InChI=1S/C16H15N3OS/c1-2-18-15(20)11-5-8-13-14(9-11)21-16(19-13)10-3-6-12(17)7-4-10/h3-9H,2,17H2,1H3,(H,18,20). The Morgan fingerprint density at radius 1 is 1.24 bits per heavy atom. The highest BCUT2D eigenvalue weighted by molar-refractivity contribution is 7.21. The third-order valence-electron chi connectivity index (χ3n) is 3.15. The normalized spacial score (nSPS) is 10.7. The van der Waals surface area contributed by atoms with Crippen LogP contribution < -0.4 is 11.1 Å². The number of hydrogen-bond acceptors (Lipinski definition) is 4. The van der Waals surface area contributed by atoms with Crippen LogP contribution in [0, 0.1) is 0 Å². The van der Waals surface area contributed by atoms with E-state index < -0.39 is 0 Å². The molecule has 1 heterocycles. The molecule has 4 nitrogen and oxygen atoms in total. The molecule has 2 aromatic carbocycles. The Hall–Kier alpha value is -2.40. The van der Waals surface area contributed by atoms with Gasteiger partial charge in [0.2, 0.25) is 0 Å². The minimum Gasteiger partial charge on any atom is -0.399 e. The van der Waals surface area contributed by atoms with E-state index in [0.717, 1.165) is 26.5 Å². The number of rotatable bonds is 3. The van der Waals surface area contributed by atoms with Gasteiger partial charge in [0.15, 0.2) is 0 Å². The van der Waals surface area contributed by atoms with Crippen molar-refractivity contribution < 1.29 is 4.79 Å². The summed E-state index contributed by atoms with van der Waals surface area (Å²) in [4.78, 5) is 16.5. The van der Waals surface area contributed by atoms with Crippen molar-refractivity contribution in [2.45, 2.75) is 6.92 Å². The summed E-state index contributed by atoms with van der Waals surface area (Å²) in [5, 5.41) is 3.73. The van der Waals surface area contributed by atoms with Crippen LogP contribution in [0.1, 0.15) is 17.3 Å². The molecule has 21 heavy (non-hydrogen) atoms. The highest BCUT2D eigenvalue weighted by Gasteiger charge is 2.10. The summed E-state index contributed by atoms with van der Waals surface area (Å²) in [6.45, 7) is 2.53. The van der Waals surface area contributed by atoms with Gasteiger partial charge >= 0.3 is 0 Å². The lowest BCUT2D eigenvalue weighted by molar-refractivity contribution is 0.0956. The smallest absolute Gasteiger partial charge is 0.251 e. The topological polar surface area (TPSA) is 68.0 Å². The van der Waals surface area contributed by atoms with Crippen molar-refractivity contribution in [2.24, 2.45) is 0 Å². The number of nitrogen functional groups attached to an aromatic ring is 1. The molecule has 0 aliphatic rings. The number of carbonyl (C=O) groups excluding carboxylic acids is 1. The average molecular weight is 297 g/mol. The minimum atomic E-state index is -0.0539. The summed E-state index contributed by atoms with van der Waals surface area (Å²) in [5.74, 6) is -0.0539. The predicted molar refractivity (Wildman–Crippen MR) is 87.5 cm³/mol. The Kier molecular flexibility index (Phi) is 3.58. The first-order valence-corrected chi connectivity index (χ1v) is 7.53. The zero-order valence-electron chi connectivity index (χ0n) is 11.6. The second-order valence-electron chi connectivity index (χ2n) is 4.68. The van der Waals surface area contributed by atoms with Crippen molar-refractivity contribution in [1.82, 2.24) is 10.3 Å². The molecule has 0 radical (unpaired) electrons. The molecule has 1 aromatic heterocycles. The van der Waals surface area contributed by atoms with Gasteiger partial charge in [-0.15, -0.1) is 11.3 Å². The number of fused-ring (bicyclic) bond motifs is 1. The lowest BCUT2D eigenvalue weighted by Crippen LogP contribution is -2.22. The van der Waals surface area contributed by atoms with Gasteiger partial charge in [0.1, 0.15) is 5.01 Å². The molecular weight excluding hydrogens is 282 g/mol. The average Bonchev–Trinajstić information content (AvgIpc) is 2.91. The molecule has 3 aromatic rings. The fourth-order valence-corrected chi connectivity index (χ4v) is 3.09. The summed E-state index contributed by atoms with van der Waals surface area (Å²) in [6, 6.07) is 13.2. The summed E-state index contributed by atoms with van der Waals surface area (Å²) >= 11 is 1.57. The largest absolute Gasteiger partial charge is 0.399 e. The third-order valence-corrected chi connectivity index (χ3v) is 4.21. The minimum absolute atomic E-state index is 0.0539. The second-order valence-corrected chi connectivity index (χ2v) is 5.71. The van der Waals surface area contributed by atoms with Gasteiger partial charge in [-0.3, -0.25) is 4.79 Å². The van der Waals surface area contributed by atoms with E-state index in [4.69, 9.17) is 5.73 Å². The van der Waals surface area contributed by atoms with Crippen LogP contribution in [0.4, 0.5) is 5.69 Å². The van der Waals surface area contributed by atoms with Gasteiger partial charge < -0.3 is 11.1 Å². The molecule has 0 spiro atoms. The molecule has 1 amide bonds. The highest BCUT2D eigenvalue weighted by atomic mass is 32.1. The first-order valence-electron chi connectivity index (χ1n) is 6.72. The summed E-state index contributed by atoms with van der Waals surface area (Å²) in [5.41, 5.74) is 9.03. The van der Waals surface area contributed by atoms with Crippen LogP contribution in [0.2, 0.25) is 0 Å². The molecule has 0 fully saturated rings. The van der Waals surface area contributed by atoms with Crippen LogP contribution in [-0.4, -0.2) is 17.4 Å². The van der Waals surface area contributed by atoms with E-state index in [1.54, 1.807) is 17.4 Å². The Morgan fingerprint density at radius 2 is 2.00 bits per heavy atom. The van der Waals surface area contributed by atoms with Crippen LogP contribution in [0.5, 0.6) is 0 Å². The Bertz CT molecular complexity index is 793. The van der Waals surface area contributed by atoms with E-state index >= 15 is 0 Å². The summed E-state index contributed by atoms with van der Waals surface area (Å²) in [7, 11) is 0. The van der Waals surface area contributed by atoms with Crippen molar-refractivity contribution in [3.63, 3.8) is 0 Å². The van der Waals surface area contributed by atoms with Gasteiger partial charge in [-0.1, -0.05) is 0 Å². The van der Waals surface area contributed by atoms with Crippen LogP contribution in [0.15, 0.2) is 42.5 Å². The third kappa shape index (κ3) is 2.73. The van der Waals surface area contributed by atoms with Crippen LogP contribution in [-0.2, 0) is 0 Å². The molecule has 0 saturated heterocycles. The molecule has 3 rings (SSSR count). The first kappa shape index (κ1) is 13.6. The maximum Gasteiger partial charge on any atom is 0.251 e. The molecule has 3 N–H and O–H groups in total. The van der Waals surface area contributed by atoms with E-state index in [2.05, 4.69) is 10.3 Å². The Balaban J connectivity index is 2.00. The first-order chi connectivity index (χ1) is 10.2.